The highest BCUT2D eigenvalue weighted by molar-refractivity contribution is 7.16. The van der Waals surface area contributed by atoms with Crippen molar-refractivity contribution in [2.75, 3.05) is 19.6 Å². The molecule has 4 heteroatoms. The Morgan fingerprint density at radius 1 is 1.24 bits per heavy atom. The fraction of sp³-hybridized carbons (Fsp3) is 0.692. The molecule has 1 aliphatic rings. The molecule has 0 radical (unpaired) electrons. The molecule has 17 heavy (non-hydrogen) atoms. The second kappa shape index (κ2) is 6.74. The van der Waals surface area contributed by atoms with Gasteiger partial charge in [-0.15, -0.1) is 11.3 Å². The number of aliphatic hydroxyl groups excluding tert-OH is 1. The van der Waals surface area contributed by atoms with E-state index in [2.05, 4.69) is 4.90 Å². The van der Waals surface area contributed by atoms with Crippen molar-refractivity contribution < 1.29 is 5.11 Å². The van der Waals surface area contributed by atoms with Crippen LogP contribution in [0.5, 0.6) is 0 Å². The zero-order valence-electron chi connectivity index (χ0n) is 10.1. The van der Waals surface area contributed by atoms with Crippen LogP contribution in [0, 0.1) is 0 Å². The molecule has 0 amide bonds. The fourth-order valence-corrected chi connectivity index (χ4v) is 3.40. The highest BCUT2D eigenvalue weighted by Crippen LogP contribution is 2.28. The van der Waals surface area contributed by atoms with Crippen LogP contribution in [-0.2, 0) is 0 Å². The van der Waals surface area contributed by atoms with E-state index in [9.17, 15) is 5.11 Å². The summed E-state index contributed by atoms with van der Waals surface area (Å²) in [4.78, 5) is 3.47. The molecule has 0 saturated carbocycles. The number of nitrogens with zero attached hydrogens (tertiary/aromatic N) is 1. The Labute approximate surface area is 112 Å². The molecule has 1 aromatic heterocycles. The van der Waals surface area contributed by atoms with Crippen LogP contribution in [0.3, 0.4) is 0 Å². The van der Waals surface area contributed by atoms with Gasteiger partial charge in [0.2, 0.25) is 0 Å². The maximum absolute atomic E-state index is 10.1. The molecule has 2 heterocycles. The van der Waals surface area contributed by atoms with E-state index in [-0.39, 0.29) is 6.10 Å². The number of hydrogen-bond donors (Lipinski definition) is 1. The number of aliphatic hydroxyl groups is 1. The molecular formula is C13H20ClNOS. The zero-order chi connectivity index (χ0) is 12.1. The van der Waals surface area contributed by atoms with Crippen molar-refractivity contribution in [1.29, 1.82) is 0 Å². The first kappa shape index (κ1) is 13.3. The second-order valence-corrected chi connectivity index (χ2v) is 6.45. The molecule has 1 fully saturated rings. The van der Waals surface area contributed by atoms with Gasteiger partial charge in [-0.25, -0.2) is 0 Å². The summed E-state index contributed by atoms with van der Waals surface area (Å²) in [6.07, 6.45) is 5.80. The minimum Gasteiger partial charge on any atom is -0.388 e. The van der Waals surface area contributed by atoms with Crippen LogP contribution >= 0.6 is 22.9 Å². The molecule has 1 atom stereocenters. The van der Waals surface area contributed by atoms with Gasteiger partial charge < -0.3 is 10.0 Å². The third-order valence-corrected chi connectivity index (χ3v) is 4.67. The van der Waals surface area contributed by atoms with E-state index >= 15 is 0 Å². The van der Waals surface area contributed by atoms with Gasteiger partial charge in [0.1, 0.15) is 0 Å². The standard InChI is InChI=1S/C13H20ClNOS/c14-13-6-5-12(17-13)11(16)7-10-15-8-3-1-2-4-9-15/h5-6,11,16H,1-4,7-10H2. The van der Waals surface area contributed by atoms with Crippen molar-refractivity contribution in [3.8, 4) is 0 Å². The van der Waals surface area contributed by atoms with Crippen LogP contribution in [0.4, 0.5) is 0 Å². The van der Waals surface area contributed by atoms with E-state index in [4.69, 9.17) is 11.6 Å². The lowest BCUT2D eigenvalue weighted by Crippen LogP contribution is -2.26. The summed E-state index contributed by atoms with van der Waals surface area (Å²) >= 11 is 7.36. The van der Waals surface area contributed by atoms with Gasteiger partial charge in [-0.1, -0.05) is 24.4 Å². The van der Waals surface area contributed by atoms with Crippen LogP contribution in [0.1, 0.15) is 43.1 Å². The zero-order valence-corrected chi connectivity index (χ0v) is 11.6. The van der Waals surface area contributed by atoms with E-state index in [0.29, 0.717) is 0 Å². The maximum atomic E-state index is 10.1. The number of likely N-dealkylation sites (tertiary alicyclic amines) is 1. The minimum atomic E-state index is -0.351. The lowest BCUT2D eigenvalue weighted by Gasteiger charge is -2.21. The van der Waals surface area contributed by atoms with Crippen molar-refractivity contribution in [2.45, 2.75) is 38.2 Å². The first-order chi connectivity index (χ1) is 8.25. The molecule has 0 aromatic carbocycles. The Hall–Kier alpha value is -0.0900. The molecular weight excluding hydrogens is 254 g/mol. The van der Waals surface area contributed by atoms with Gasteiger partial charge in [0.15, 0.2) is 0 Å². The molecule has 0 bridgehead atoms. The summed E-state index contributed by atoms with van der Waals surface area (Å²) in [5, 5.41) is 10.1. The number of halogens is 1. The summed E-state index contributed by atoms with van der Waals surface area (Å²) < 4.78 is 0.758. The van der Waals surface area contributed by atoms with Crippen molar-refractivity contribution in [1.82, 2.24) is 4.90 Å². The summed E-state index contributed by atoms with van der Waals surface area (Å²) in [5.74, 6) is 0. The van der Waals surface area contributed by atoms with Crippen LogP contribution in [-0.4, -0.2) is 29.6 Å². The highest BCUT2D eigenvalue weighted by Gasteiger charge is 2.14. The summed E-state index contributed by atoms with van der Waals surface area (Å²) in [7, 11) is 0. The Kier molecular flexibility index (Phi) is 5.29. The largest absolute Gasteiger partial charge is 0.388 e. The predicted molar refractivity (Wildman–Crippen MR) is 73.8 cm³/mol. The van der Waals surface area contributed by atoms with E-state index in [1.165, 1.54) is 50.1 Å². The van der Waals surface area contributed by atoms with Crippen molar-refractivity contribution in [2.24, 2.45) is 0 Å². The predicted octanol–water partition coefficient (Wildman–Crippen LogP) is 3.70. The monoisotopic (exact) mass is 273 g/mol. The van der Waals surface area contributed by atoms with Gasteiger partial charge >= 0.3 is 0 Å². The minimum absolute atomic E-state index is 0.351. The Bertz CT molecular complexity index is 334. The third-order valence-electron chi connectivity index (χ3n) is 3.34. The first-order valence-electron chi connectivity index (χ1n) is 6.41. The lowest BCUT2D eigenvalue weighted by atomic mass is 10.2. The van der Waals surface area contributed by atoms with Gasteiger partial charge in [-0.2, -0.15) is 0 Å². The normalized spacial score (nSPS) is 20.1. The molecule has 1 N–H and O–H groups in total. The molecule has 96 valence electrons. The third kappa shape index (κ3) is 4.25. The highest BCUT2D eigenvalue weighted by atomic mass is 35.5. The molecule has 1 unspecified atom stereocenters. The van der Waals surface area contributed by atoms with Crippen LogP contribution < -0.4 is 0 Å². The Morgan fingerprint density at radius 2 is 1.94 bits per heavy atom. The van der Waals surface area contributed by atoms with Crippen LogP contribution in [0.15, 0.2) is 12.1 Å². The molecule has 2 rings (SSSR count). The fourth-order valence-electron chi connectivity index (χ4n) is 2.31. The Morgan fingerprint density at radius 3 is 2.53 bits per heavy atom. The van der Waals surface area contributed by atoms with Gasteiger partial charge in [0, 0.05) is 11.4 Å². The van der Waals surface area contributed by atoms with E-state index in [1.54, 1.807) is 0 Å². The van der Waals surface area contributed by atoms with Gasteiger partial charge in [0.25, 0.3) is 0 Å². The van der Waals surface area contributed by atoms with Gasteiger partial charge in [-0.3, -0.25) is 0 Å². The summed E-state index contributed by atoms with van der Waals surface area (Å²) in [5.41, 5.74) is 0. The summed E-state index contributed by atoms with van der Waals surface area (Å²) in [6, 6.07) is 3.79. The van der Waals surface area contributed by atoms with Crippen molar-refractivity contribution >= 4 is 22.9 Å². The number of rotatable bonds is 4. The van der Waals surface area contributed by atoms with Gasteiger partial charge in [-0.05, 0) is 44.5 Å². The molecule has 1 aliphatic heterocycles. The van der Waals surface area contributed by atoms with Crippen molar-refractivity contribution in [3.63, 3.8) is 0 Å². The smallest absolute Gasteiger partial charge is 0.0932 e. The molecule has 0 aliphatic carbocycles. The first-order valence-corrected chi connectivity index (χ1v) is 7.61. The maximum Gasteiger partial charge on any atom is 0.0932 e. The number of hydrogen-bond acceptors (Lipinski definition) is 3. The van der Waals surface area contributed by atoms with Gasteiger partial charge in [0.05, 0.1) is 10.4 Å². The van der Waals surface area contributed by atoms with Crippen LogP contribution in [0.25, 0.3) is 0 Å². The van der Waals surface area contributed by atoms with Crippen LogP contribution in [0.2, 0.25) is 4.34 Å². The molecule has 1 aromatic rings. The molecule has 2 nitrogen and oxygen atoms in total. The molecule has 1 saturated heterocycles. The average molecular weight is 274 g/mol. The van der Waals surface area contributed by atoms with E-state index < -0.39 is 0 Å². The average Bonchev–Trinajstić information content (AvgIpc) is 2.61. The lowest BCUT2D eigenvalue weighted by molar-refractivity contribution is 0.146. The SMILES string of the molecule is OC(CCN1CCCCCC1)c1ccc(Cl)s1. The van der Waals surface area contributed by atoms with E-state index in [1.807, 2.05) is 12.1 Å². The molecule has 0 spiro atoms. The topological polar surface area (TPSA) is 23.5 Å². The number of thiophene rings is 1. The van der Waals surface area contributed by atoms with Crippen molar-refractivity contribution in [3.05, 3.63) is 21.3 Å². The quantitative estimate of drug-likeness (QED) is 0.904. The Balaban J connectivity index is 1.77. The van der Waals surface area contributed by atoms with E-state index in [0.717, 1.165) is 22.2 Å². The summed E-state index contributed by atoms with van der Waals surface area (Å²) in [6.45, 7) is 3.38. The second-order valence-electron chi connectivity index (χ2n) is 4.70.